The summed E-state index contributed by atoms with van der Waals surface area (Å²) in [6.07, 6.45) is 1.98. The second kappa shape index (κ2) is 8.81. The van der Waals surface area contributed by atoms with Gasteiger partial charge < -0.3 is 5.32 Å². The Morgan fingerprint density at radius 1 is 1.07 bits per heavy atom. The molecule has 2 rings (SSSR count). The number of sulfonamides is 1. The van der Waals surface area contributed by atoms with Gasteiger partial charge in [-0.05, 0) is 43.2 Å². The number of hydrogen-bond acceptors (Lipinski definition) is 4. The van der Waals surface area contributed by atoms with E-state index >= 15 is 0 Å². The third kappa shape index (κ3) is 5.92. The summed E-state index contributed by atoms with van der Waals surface area (Å²) >= 11 is 0. The molecule has 6 nitrogen and oxygen atoms in total. The van der Waals surface area contributed by atoms with E-state index in [-0.39, 0.29) is 24.7 Å². The minimum absolute atomic E-state index is 0.00705. The molecule has 0 heterocycles. The summed E-state index contributed by atoms with van der Waals surface area (Å²) in [4.78, 5) is 23.8. The summed E-state index contributed by atoms with van der Waals surface area (Å²) in [5, 5.41) is 2.77. The van der Waals surface area contributed by atoms with Crippen LogP contribution in [0.5, 0.6) is 0 Å². The first-order chi connectivity index (χ1) is 12.7. The Bertz CT molecular complexity index is 921. The number of Topliss-reactive ketones (excluding diaryl/α,β-unsaturated/α-hetero) is 1. The molecule has 144 valence electrons. The Balaban J connectivity index is 2.09. The van der Waals surface area contributed by atoms with Gasteiger partial charge in [0, 0.05) is 24.2 Å². The van der Waals surface area contributed by atoms with E-state index in [1.54, 1.807) is 18.2 Å². The molecule has 0 fully saturated rings. The first-order valence-electron chi connectivity index (χ1n) is 8.68. The number of carbonyl (C=O) groups excluding carboxylic acids is 2. The lowest BCUT2D eigenvalue weighted by molar-refractivity contribution is -0.116. The van der Waals surface area contributed by atoms with Crippen molar-refractivity contribution >= 4 is 33.1 Å². The number of amides is 1. The smallest absolute Gasteiger partial charge is 0.232 e. The molecule has 0 aliphatic heterocycles. The molecule has 0 aliphatic carbocycles. The summed E-state index contributed by atoms with van der Waals surface area (Å²) in [5.41, 5.74) is 2.62. The van der Waals surface area contributed by atoms with Crippen LogP contribution in [0.2, 0.25) is 0 Å². The van der Waals surface area contributed by atoms with Crippen molar-refractivity contribution in [2.45, 2.75) is 26.7 Å². The third-order valence-corrected chi connectivity index (χ3v) is 5.32. The Hall–Kier alpha value is -2.67. The molecule has 0 saturated carbocycles. The zero-order chi connectivity index (χ0) is 20.0. The maximum Gasteiger partial charge on any atom is 0.232 e. The molecule has 2 aromatic carbocycles. The fraction of sp³-hybridized carbons (Fsp3) is 0.300. The van der Waals surface area contributed by atoms with Gasteiger partial charge in [0.2, 0.25) is 15.9 Å². The summed E-state index contributed by atoms with van der Waals surface area (Å²) < 4.78 is 25.5. The Morgan fingerprint density at radius 3 is 2.30 bits per heavy atom. The van der Waals surface area contributed by atoms with Crippen molar-refractivity contribution in [2.75, 3.05) is 22.4 Å². The van der Waals surface area contributed by atoms with Gasteiger partial charge in [0.05, 0.1) is 11.9 Å². The van der Waals surface area contributed by atoms with Crippen LogP contribution in [0.4, 0.5) is 11.4 Å². The Morgan fingerprint density at radius 2 is 1.74 bits per heavy atom. The van der Waals surface area contributed by atoms with Crippen LogP contribution in [0.1, 0.15) is 36.2 Å². The summed E-state index contributed by atoms with van der Waals surface area (Å²) in [6, 6.07) is 13.9. The molecule has 0 unspecified atom stereocenters. The summed E-state index contributed by atoms with van der Waals surface area (Å²) in [7, 11) is -3.60. The molecule has 1 amide bonds. The highest BCUT2D eigenvalue weighted by Crippen LogP contribution is 2.20. The van der Waals surface area contributed by atoms with Crippen molar-refractivity contribution in [1.29, 1.82) is 0 Å². The van der Waals surface area contributed by atoms with E-state index in [1.165, 1.54) is 18.6 Å². The van der Waals surface area contributed by atoms with E-state index in [2.05, 4.69) is 12.2 Å². The van der Waals surface area contributed by atoms with Crippen LogP contribution in [0.25, 0.3) is 0 Å². The van der Waals surface area contributed by atoms with Crippen LogP contribution in [0.15, 0.2) is 48.5 Å². The van der Waals surface area contributed by atoms with Crippen molar-refractivity contribution < 1.29 is 18.0 Å². The van der Waals surface area contributed by atoms with Gasteiger partial charge in [-0.25, -0.2) is 8.42 Å². The Kier molecular flexibility index (Phi) is 6.74. The molecule has 0 radical (unpaired) electrons. The van der Waals surface area contributed by atoms with Crippen molar-refractivity contribution in [1.82, 2.24) is 0 Å². The van der Waals surface area contributed by atoms with Crippen LogP contribution >= 0.6 is 0 Å². The lowest BCUT2D eigenvalue weighted by Gasteiger charge is -2.22. The van der Waals surface area contributed by atoms with Crippen molar-refractivity contribution in [2.24, 2.45) is 0 Å². The van der Waals surface area contributed by atoms with E-state index in [1.807, 2.05) is 24.3 Å². The highest BCUT2D eigenvalue weighted by Gasteiger charge is 2.19. The van der Waals surface area contributed by atoms with Gasteiger partial charge in [0.25, 0.3) is 0 Å². The molecule has 0 aliphatic rings. The fourth-order valence-corrected chi connectivity index (χ4v) is 3.54. The van der Waals surface area contributed by atoms with Gasteiger partial charge >= 0.3 is 0 Å². The van der Waals surface area contributed by atoms with Crippen LogP contribution in [-0.4, -0.2) is 32.9 Å². The van der Waals surface area contributed by atoms with Gasteiger partial charge in [-0.15, -0.1) is 0 Å². The molecular formula is C20H24N2O4S. The molecule has 0 bridgehead atoms. The first kappa shape index (κ1) is 20.6. The van der Waals surface area contributed by atoms with Crippen molar-refractivity contribution in [3.63, 3.8) is 0 Å². The molecule has 1 N–H and O–H groups in total. The van der Waals surface area contributed by atoms with Gasteiger partial charge in [0.1, 0.15) is 0 Å². The van der Waals surface area contributed by atoms with Gasteiger partial charge in [-0.1, -0.05) is 31.2 Å². The van der Waals surface area contributed by atoms with E-state index in [4.69, 9.17) is 0 Å². The molecule has 0 saturated heterocycles. The van der Waals surface area contributed by atoms with E-state index in [0.29, 0.717) is 16.9 Å². The van der Waals surface area contributed by atoms with Crippen LogP contribution in [-0.2, 0) is 21.2 Å². The molecule has 0 aromatic heterocycles. The van der Waals surface area contributed by atoms with Gasteiger partial charge in [-0.3, -0.25) is 13.9 Å². The van der Waals surface area contributed by atoms with Crippen LogP contribution < -0.4 is 9.62 Å². The molecule has 27 heavy (non-hydrogen) atoms. The van der Waals surface area contributed by atoms with Gasteiger partial charge in [-0.2, -0.15) is 0 Å². The number of anilines is 2. The Labute approximate surface area is 160 Å². The van der Waals surface area contributed by atoms with Gasteiger partial charge in [0.15, 0.2) is 5.78 Å². The van der Waals surface area contributed by atoms with Crippen LogP contribution in [0, 0.1) is 0 Å². The number of aryl methyl sites for hydroxylation is 1. The average molecular weight is 388 g/mol. The van der Waals surface area contributed by atoms with E-state index in [0.717, 1.165) is 17.0 Å². The standard InChI is InChI=1S/C20H24N2O4S/c1-4-16-8-10-18(11-9-16)21-20(24)12-13-22(27(3,25)26)19-7-5-6-17(14-19)15(2)23/h5-11,14H,4,12-13H2,1-3H3,(H,21,24). The third-order valence-electron chi connectivity index (χ3n) is 4.13. The number of nitrogens with zero attached hydrogens (tertiary/aromatic N) is 1. The number of carbonyl (C=O) groups is 2. The number of benzene rings is 2. The number of nitrogens with one attached hydrogen (secondary N) is 1. The molecule has 0 spiro atoms. The fourth-order valence-electron chi connectivity index (χ4n) is 2.62. The number of rotatable bonds is 8. The topological polar surface area (TPSA) is 83.6 Å². The number of hydrogen-bond donors (Lipinski definition) is 1. The molecular weight excluding hydrogens is 364 g/mol. The highest BCUT2D eigenvalue weighted by atomic mass is 32.2. The van der Waals surface area contributed by atoms with Crippen molar-refractivity contribution in [3.05, 3.63) is 59.7 Å². The maximum atomic E-state index is 12.2. The monoisotopic (exact) mass is 388 g/mol. The zero-order valence-corrected chi connectivity index (χ0v) is 16.5. The normalized spacial score (nSPS) is 11.1. The summed E-state index contributed by atoms with van der Waals surface area (Å²) in [5.74, 6) is -0.436. The zero-order valence-electron chi connectivity index (χ0n) is 15.7. The predicted molar refractivity (Wildman–Crippen MR) is 108 cm³/mol. The number of ketones is 1. The van der Waals surface area contributed by atoms with Crippen molar-refractivity contribution in [3.8, 4) is 0 Å². The minimum Gasteiger partial charge on any atom is -0.326 e. The second-order valence-corrected chi connectivity index (χ2v) is 8.20. The van der Waals surface area contributed by atoms with Crippen LogP contribution in [0.3, 0.4) is 0 Å². The largest absolute Gasteiger partial charge is 0.326 e. The second-order valence-electron chi connectivity index (χ2n) is 6.29. The maximum absolute atomic E-state index is 12.2. The quantitative estimate of drug-likeness (QED) is 0.704. The summed E-state index contributed by atoms with van der Waals surface area (Å²) in [6.45, 7) is 3.45. The predicted octanol–water partition coefficient (Wildman–Crippen LogP) is 3.25. The SMILES string of the molecule is CCc1ccc(NC(=O)CCN(c2cccc(C(C)=O)c2)S(C)(=O)=O)cc1. The van der Waals surface area contributed by atoms with E-state index < -0.39 is 10.0 Å². The average Bonchev–Trinajstić information content (AvgIpc) is 2.61. The molecule has 7 heteroatoms. The lowest BCUT2D eigenvalue weighted by Crippen LogP contribution is -2.33. The van der Waals surface area contributed by atoms with E-state index in [9.17, 15) is 18.0 Å². The lowest BCUT2D eigenvalue weighted by atomic mass is 10.1. The first-order valence-corrected chi connectivity index (χ1v) is 10.5. The highest BCUT2D eigenvalue weighted by molar-refractivity contribution is 7.92. The molecule has 2 aromatic rings. The molecule has 0 atom stereocenters. The minimum atomic E-state index is -3.60.